The Labute approximate surface area is 86.5 Å². The highest BCUT2D eigenvalue weighted by Gasteiger charge is 2.16. The minimum atomic E-state index is 0.387. The second-order valence-corrected chi connectivity index (χ2v) is 3.49. The van der Waals surface area contributed by atoms with Crippen LogP contribution in [0.4, 0.5) is 0 Å². The predicted molar refractivity (Wildman–Crippen MR) is 57.2 cm³/mol. The Balaban J connectivity index is 2.30. The van der Waals surface area contributed by atoms with E-state index in [4.69, 9.17) is 9.47 Å². The maximum absolute atomic E-state index is 5.56. The van der Waals surface area contributed by atoms with E-state index in [2.05, 4.69) is 18.3 Å². The van der Waals surface area contributed by atoms with Crippen molar-refractivity contribution >= 4 is 0 Å². The van der Waals surface area contributed by atoms with Gasteiger partial charge in [0.1, 0.15) is 5.76 Å². The van der Waals surface area contributed by atoms with Crippen LogP contribution in [-0.2, 0) is 9.47 Å². The van der Waals surface area contributed by atoms with Crippen LogP contribution in [0.5, 0.6) is 0 Å². The lowest BCUT2D eigenvalue weighted by atomic mass is 10.1. The zero-order chi connectivity index (χ0) is 10.2. The molecule has 0 amide bonds. The van der Waals surface area contributed by atoms with Crippen LogP contribution in [0.1, 0.15) is 26.2 Å². The molecule has 3 heteroatoms. The van der Waals surface area contributed by atoms with Gasteiger partial charge in [-0.1, -0.05) is 6.92 Å². The number of ether oxygens (including phenoxy) is 2. The Morgan fingerprint density at radius 3 is 3.07 bits per heavy atom. The van der Waals surface area contributed by atoms with Gasteiger partial charge in [0, 0.05) is 20.1 Å². The molecule has 1 unspecified atom stereocenters. The fourth-order valence-electron chi connectivity index (χ4n) is 1.70. The molecule has 3 nitrogen and oxygen atoms in total. The minimum Gasteiger partial charge on any atom is -0.496 e. The summed E-state index contributed by atoms with van der Waals surface area (Å²) in [6, 6.07) is 0.387. The number of methoxy groups -OCH3 is 1. The predicted octanol–water partition coefficient (Wildman–Crippen LogP) is 1.70. The second-order valence-electron chi connectivity index (χ2n) is 3.49. The summed E-state index contributed by atoms with van der Waals surface area (Å²) >= 11 is 0. The SMILES string of the molecule is CCNC(CCCOC)C1=CCCO1. The molecule has 1 aliphatic heterocycles. The van der Waals surface area contributed by atoms with E-state index >= 15 is 0 Å². The van der Waals surface area contributed by atoms with Crippen molar-refractivity contribution in [3.8, 4) is 0 Å². The molecule has 1 rings (SSSR count). The van der Waals surface area contributed by atoms with Crippen molar-refractivity contribution in [2.45, 2.75) is 32.2 Å². The normalized spacial score (nSPS) is 17.7. The van der Waals surface area contributed by atoms with Crippen molar-refractivity contribution in [3.05, 3.63) is 11.8 Å². The first-order chi connectivity index (χ1) is 6.88. The van der Waals surface area contributed by atoms with Crippen LogP contribution in [0.2, 0.25) is 0 Å². The Kier molecular flexibility index (Phi) is 5.64. The van der Waals surface area contributed by atoms with Crippen LogP contribution in [0.25, 0.3) is 0 Å². The Bertz CT molecular complexity index is 180. The fourth-order valence-corrected chi connectivity index (χ4v) is 1.70. The lowest BCUT2D eigenvalue weighted by molar-refractivity contribution is 0.178. The van der Waals surface area contributed by atoms with Crippen molar-refractivity contribution < 1.29 is 9.47 Å². The maximum atomic E-state index is 5.56. The molecule has 0 aliphatic carbocycles. The van der Waals surface area contributed by atoms with Gasteiger partial charge in [-0.3, -0.25) is 0 Å². The van der Waals surface area contributed by atoms with E-state index in [0.717, 1.165) is 44.8 Å². The molecule has 0 radical (unpaired) electrons. The van der Waals surface area contributed by atoms with Crippen LogP contribution >= 0.6 is 0 Å². The van der Waals surface area contributed by atoms with E-state index in [0.29, 0.717) is 6.04 Å². The van der Waals surface area contributed by atoms with Crippen molar-refractivity contribution in [2.24, 2.45) is 0 Å². The third kappa shape index (κ3) is 3.68. The third-order valence-corrected chi connectivity index (χ3v) is 2.37. The maximum Gasteiger partial charge on any atom is 0.109 e. The number of hydrogen-bond donors (Lipinski definition) is 1. The third-order valence-electron chi connectivity index (χ3n) is 2.37. The van der Waals surface area contributed by atoms with Gasteiger partial charge >= 0.3 is 0 Å². The van der Waals surface area contributed by atoms with Gasteiger partial charge in [0.15, 0.2) is 0 Å². The van der Waals surface area contributed by atoms with E-state index in [1.807, 2.05) is 0 Å². The summed E-state index contributed by atoms with van der Waals surface area (Å²) in [5.41, 5.74) is 0. The highest BCUT2D eigenvalue weighted by atomic mass is 16.5. The highest BCUT2D eigenvalue weighted by molar-refractivity contribution is 5.06. The van der Waals surface area contributed by atoms with Gasteiger partial charge in [0.2, 0.25) is 0 Å². The molecule has 0 fully saturated rings. The van der Waals surface area contributed by atoms with Gasteiger partial charge in [-0.15, -0.1) is 0 Å². The molecule has 1 N–H and O–H groups in total. The second kappa shape index (κ2) is 6.85. The van der Waals surface area contributed by atoms with Crippen LogP contribution in [0.3, 0.4) is 0 Å². The zero-order valence-corrected chi connectivity index (χ0v) is 9.21. The fraction of sp³-hybridized carbons (Fsp3) is 0.818. The largest absolute Gasteiger partial charge is 0.496 e. The molecular weight excluding hydrogens is 178 g/mol. The Hall–Kier alpha value is -0.540. The molecule has 0 bridgehead atoms. The van der Waals surface area contributed by atoms with Crippen LogP contribution in [-0.4, -0.2) is 32.9 Å². The standard InChI is InChI=1S/C11H21NO2/c1-3-12-10(6-4-8-13-2)11-7-5-9-14-11/h7,10,12H,3-6,8-9H2,1-2H3. The molecule has 1 atom stereocenters. The molecule has 1 heterocycles. The van der Waals surface area contributed by atoms with Crippen LogP contribution in [0, 0.1) is 0 Å². The summed E-state index contributed by atoms with van der Waals surface area (Å²) in [6.45, 7) is 4.79. The van der Waals surface area contributed by atoms with E-state index in [9.17, 15) is 0 Å². The smallest absolute Gasteiger partial charge is 0.109 e. The van der Waals surface area contributed by atoms with Gasteiger partial charge in [0.05, 0.1) is 12.6 Å². The van der Waals surface area contributed by atoms with E-state index in [1.165, 1.54) is 0 Å². The molecule has 1 aliphatic rings. The average molecular weight is 199 g/mol. The molecule has 82 valence electrons. The van der Waals surface area contributed by atoms with Crippen molar-refractivity contribution in [1.82, 2.24) is 5.32 Å². The Morgan fingerprint density at radius 2 is 2.50 bits per heavy atom. The highest BCUT2D eigenvalue weighted by Crippen LogP contribution is 2.16. The molecular formula is C11H21NO2. The molecule has 0 spiro atoms. The monoisotopic (exact) mass is 199 g/mol. The summed E-state index contributed by atoms with van der Waals surface area (Å²) in [5, 5.41) is 3.43. The van der Waals surface area contributed by atoms with Gasteiger partial charge in [-0.05, 0) is 25.5 Å². The summed E-state index contributed by atoms with van der Waals surface area (Å²) < 4.78 is 10.6. The summed E-state index contributed by atoms with van der Waals surface area (Å²) in [7, 11) is 1.74. The van der Waals surface area contributed by atoms with Gasteiger partial charge < -0.3 is 14.8 Å². The van der Waals surface area contributed by atoms with Crippen molar-refractivity contribution in [2.75, 3.05) is 26.9 Å². The van der Waals surface area contributed by atoms with E-state index in [-0.39, 0.29) is 0 Å². The van der Waals surface area contributed by atoms with E-state index < -0.39 is 0 Å². The van der Waals surface area contributed by atoms with Crippen LogP contribution < -0.4 is 5.32 Å². The summed E-state index contributed by atoms with van der Waals surface area (Å²) in [5.74, 6) is 1.13. The lowest BCUT2D eigenvalue weighted by Gasteiger charge is -2.18. The van der Waals surface area contributed by atoms with E-state index in [1.54, 1.807) is 7.11 Å². The van der Waals surface area contributed by atoms with Crippen LogP contribution in [0.15, 0.2) is 11.8 Å². The number of likely N-dealkylation sites (N-methyl/N-ethyl adjacent to an activating group) is 1. The first-order valence-corrected chi connectivity index (χ1v) is 5.43. The zero-order valence-electron chi connectivity index (χ0n) is 9.21. The minimum absolute atomic E-state index is 0.387. The average Bonchev–Trinajstić information content (AvgIpc) is 2.70. The molecule has 0 saturated heterocycles. The van der Waals surface area contributed by atoms with Gasteiger partial charge in [0.25, 0.3) is 0 Å². The molecule has 0 saturated carbocycles. The number of rotatable bonds is 7. The summed E-state index contributed by atoms with van der Waals surface area (Å²) in [6.07, 6.45) is 5.42. The lowest BCUT2D eigenvalue weighted by Crippen LogP contribution is -2.31. The van der Waals surface area contributed by atoms with Crippen molar-refractivity contribution in [1.29, 1.82) is 0 Å². The van der Waals surface area contributed by atoms with Crippen molar-refractivity contribution in [3.63, 3.8) is 0 Å². The molecule has 0 aromatic rings. The van der Waals surface area contributed by atoms with Gasteiger partial charge in [-0.2, -0.15) is 0 Å². The topological polar surface area (TPSA) is 30.5 Å². The first-order valence-electron chi connectivity index (χ1n) is 5.43. The number of hydrogen-bond acceptors (Lipinski definition) is 3. The molecule has 14 heavy (non-hydrogen) atoms. The van der Waals surface area contributed by atoms with Gasteiger partial charge in [-0.25, -0.2) is 0 Å². The number of nitrogens with one attached hydrogen (secondary N) is 1. The Morgan fingerprint density at radius 1 is 1.64 bits per heavy atom. The quantitative estimate of drug-likeness (QED) is 0.633. The first kappa shape index (κ1) is 11.5. The molecule has 0 aromatic carbocycles. The summed E-state index contributed by atoms with van der Waals surface area (Å²) in [4.78, 5) is 0. The molecule has 0 aromatic heterocycles.